The van der Waals surface area contributed by atoms with Gasteiger partial charge in [-0.2, -0.15) is 0 Å². The van der Waals surface area contributed by atoms with Crippen molar-refractivity contribution in [1.29, 1.82) is 0 Å². The van der Waals surface area contributed by atoms with Gasteiger partial charge in [0.15, 0.2) is 0 Å². The third-order valence-corrected chi connectivity index (χ3v) is 12.9. The van der Waals surface area contributed by atoms with E-state index in [1.54, 1.807) is 11.1 Å². The van der Waals surface area contributed by atoms with Gasteiger partial charge >= 0.3 is 0 Å². The van der Waals surface area contributed by atoms with Gasteiger partial charge in [0.05, 0.1) is 11.2 Å². The number of piperidine rings is 2. The van der Waals surface area contributed by atoms with Crippen LogP contribution in [0.4, 0.5) is 0 Å². The maximum absolute atomic E-state index is 7.64. The van der Waals surface area contributed by atoms with Gasteiger partial charge in [0.25, 0.3) is 0 Å². The van der Waals surface area contributed by atoms with Crippen LogP contribution in [0.5, 0.6) is 0 Å². The van der Waals surface area contributed by atoms with Crippen molar-refractivity contribution in [3.8, 4) is 0 Å². The second kappa shape index (κ2) is 7.82. The molecule has 5 heterocycles. The summed E-state index contributed by atoms with van der Waals surface area (Å²) in [5.41, 5.74) is 4.95. The predicted molar refractivity (Wildman–Crippen MR) is 152 cm³/mol. The maximum Gasteiger partial charge on any atom is 0.0974 e. The van der Waals surface area contributed by atoms with Crippen LogP contribution in [0.25, 0.3) is 10.8 Å². The SMILES string of the molecule is CC12CC=C3C=C4CCC(N5CC6CCC5CC6)C[C@]45CC[C@]3(O5)[C@@H]1CCC2c1ccc2ccncc2c1. The highest BCUT2D eigenvalue weighted by molar-refractivity contribution is 5.82. The lowest BCUT2D eigenvalue weighted by Gasteiger charge is -2.56. The number of hydrogen-bond donors (Lipinski definition) is 0. The lowest BCUT2D eigenvalue weighted by Crippen LogP contribution is -2.58. The Morgan fingerprint density at radius 3 is 2.74 bits per heavy atom. The van der Waals surface area contributed by atoms with Crippen molar-refractivity contribution in [3.05, 3.63) is 65.5 Å². The Bertz CT molecular complexity index is 1370. The van der Waals surface area contributed by atoms with E-state index in [0.717, 1.165) is 18.0 Å². The molecule has 0 radical (unpaired) electrons. The Labute approximate surface area is 227 Å². The zero-order valence-electron chi connectivity index (χ0n) is 23.0. The van der Waals surface area contributed by atoms with Crippen LogP contribution in [0.1, 0.15) is 95.5 Å². The molecule has 8 aliphatic rings. The van der Waals surface area contributed by atoms with Gasteiger partial charge in [0, 0.05) is 36.4 Å². The molecule has 6 atom stereocenters. The first-order chi connectivity index (χ1) is 18.6. The first-order valence-corrected chi connectivity index (χ1v) is 15.8. The van der Waals surface area contributed by atoms with Crippen molar-refractivity contribution in [2.75, 3.05) is 6.54 Å². The van der Waals surface area contributed by atoms with E-state index < -0.39 is 0 Å². The Hall–Kier alpha value is -1.97. The molecule has 2 spiro atoms. The van der Waals surface area contributed by atoms with Gasteiger partial charge in [-0.25, -0.2) is 0 Å². The number of aromatic nitrogens is 1. The molecular formula is C35H42N2O. The first-order valence-electron chi connectivity index (χ1n) is 15.8. The Kier molecular flexibility index (Phi) is 4.69. The summed E-state index contributed by atoms with van der Waals surface area (Å²) in [7, 11) is 0. The van der Waals surface area contributed by atoms with E-state index in [0.29, 0.717) is 11.8 Å². The molecule has 6 fully saturated rings. The molecule has 3 unspecified atom stereocenters. The lowest BCUT2D eigenvalue weighted by molar-refractivity contribution is -0.145. The third-order valence-electron chi connectivity index (χ3n) is 12.9. The van der Waals surface area contributed by atoms with Gasteiger partial charge < -0.3 is 4.74 Å². The number of nitrogens with zero attached hydrogens (tertiary/aromatic N) is 2. The molecule has 4 bridgehead atoms. The Balaban J connectivity index is 1.05. The molecule has 3 saturated heterocycles. The van der Waals surface area contributed by atoms with Gasteiger partial charge in [0.2, 0.25) is 0 Å². The quantitative estimate of drug-likeness (QED) is 0.417. The molecule has 10 rings (SSSR count). The van der Waals surface area contributed by atoms with Crippen molar-refractivity contribution in [3.63, 3.8) is 0 Å². The summed E-state index contributed by atoms with van der Waals surface area (Å²) in [5, 5.41) is 2.58. The number of benzene rings is 1. The normalized spacial score (nSPS) is 45.3. The van der Waals surface area contributed by atoms with E-state index >= 15 is 0 Å². The smallest absolute Gasteiger partial charge is 0.0974 e. The van der Waals surface area contributed by atoms with Crippen LogP contribution in [0.15, 0.2) is 60.0 Å². The molecule has 2 aromatic rings. The van der Waals surface area contributed by atoms with Gasteiger partial charge in [-0.1, -0.05) is 31.2 Å². The van der Waals surface area contributed by atoms with E-state index in [-0.39, 0.29) is 16.6 Å². The zero-order valence-corrected chi connectivity index (χ0v) is 23.0. The lowest BCUT2D eigenvalue weighted by atomic mass is 9.58. The topological polar surface area (TPSA) is 25.4 Å². The van der Waals surface area contributed by atoms with Crippen LogP contribution < -0.4 is 0 Å². The highest BCUT2D eigenvalue weighted by atomic mass is 16.5. The monoisotopic (exact) mass is 506 g/mol. The Morgan fingerprint density at radius 1 is 0.947 bits per heavy atom. The van der Waals surface area contributed by atoms with Crippen molar-refractivity contribution in [2.24, 2.45) is 17.3 Å². The summed E-state index contributed by atoms with van der Waals surface area (Å²) < 4.78 is 7.64. The second-order valence-corrected chi connectivity index (χ2v) is 14.5. The number of ether oxygens (including phenoxy) is 1. The fourth-order valence-electron chi connectivity index (χ4n) is 11.1. The molecule has 3 saturated carbocycles. The minimum atomic E-state index is -0.0492. The van der Waals surface area contributed by atoms with Gasteiger partial charge in [-0.3, -0.25) is 9.88 Å². The van der Waals surface area contributed by atoms with E-state index in [9.17, 15) is 0 Å². The molecular weight excluding hydrogens is 464 g/mol. The minimum Gasteiger partial charge on any atom is -0.359 e. The number of allylic oxidation sites excluding steroid dienone is 1. The van der Waals surface area contributed by atoms with E-state index in [1.165, 1.54) is 99.9 Å². The highest BCUT2D eigenvalue weighted by Crippen LogP contribution is 2.69. The summed E-state index contributed by atoms with van der Waals surface area (Å²) in [6.45, 7) is 3.97. The molecule has 4 aliphatic heterocycles. The second-order valence-electron chi connectivity index (χ2n) is 14.5. The third kappa shape index (κ3) is 2.96. The number of fused-ring (bicyclic) bond motifs is 5. The van der Waals surface area contributed by atoms with E-state index in [2.05, 4.69) is 53.2 Å². The summed E-state index contributed by atoms with van der Waals surface area (Å²) in [6.07, 6.45) is 25.2. The van der Waals surface area contributed by atoms with Crippen LogP contribution in [0.2, 0.25) is 0 Å². The van der Waals surface area contributed by atoms with E-state index in [1.807, 2.05) is 12.4 Å². The summed E-state index contributed by atoms with van der Waals surface area (Å²) >= 11 is 0. The molecule has 3 nitrogen and oxygen atoms in total. The summed E-state index contributed by atoms with van der Waals surface area (Å²) in [4.78, 5) is 7.38. The number of pyridine rings is 1. The molecule has 4 aliphatic carbocycles. The molecule has 3 heteroatoms. The van der Waals surface area contributed by atoms with Crippen LogP contribution >= 0.6 is 0 Å². The first kappa shape index (κ1) is 22.8. The standard InChI is InChI=1S/C35H42N2O/c1-33-14-12-28-19-27-6-9-30(37-22-23-2-7-29(37)8-3-23)20-34(27)15-16-35(28,38-34)32(33)11-10-31(33)25-5-4-24-13-17-36-21-26(24)18-25/h4-5,12-13,17-19,21,23,29-32H,2-3,6-11,14-16,20,22H2,1H3/t23?,29?,30?,31?,32-,33?,34-,35-/m1/s1. The van der Waals surface area contributed by atoms with Crippen LogP contribution in [-0.2, 0) is 4.74 Å². The fraction of sp³-hybridized carbons (Fsp3) is 0.629. The molecule has 1 aromatic carbocycles. The van der Waals surface area contributed by atoms with Crippen LogP contribution in [0, 0.1) is 17.3 Å². The van der Waals surface area contributed by atoms with Crippen LogP contribution in [-0.4, -0.2) is 39.7 Å². The number of hydrogen-bond acceptors (Lipinski definition) is 3. The largest absolute Gasteiger partial charge is 0.359 e. The van der Waals surface area contributed by atoms with Crippen molar-refractivity contribution in [1.82, 2.24) is 9.88 Å². The predicted octanol–water partition coefficient (Wildman–Crippen LogP) is 7.72. The minimum absolute atomic E-state index is 0.0158. The average Bonchev–Trinajstić information content (AvgIpc) is 3.48. The van der Waals surface area contributed by atoms with Crippen molar-refractivity contribution in [2.45, 2.75) is 113 Å². The van der Waals surface area contributed by atoms with Gasteiger partial charge in [-0.15, -0.1) is 0 Å². The number of rotatable bonds is 2. The molecule has 1 aromatic heterocycles. The Morgan fingerprint density at radius 2 is 1.87 bits per heavy atom. The zero-order chi connectivity index (χ0) is 25.1. The molecule has 38 heavy (non-hydrogen) atoms. The van der Waals surface area contributed by atoms with Crippen molar-refractivity contribution >= 4 is 10.8 Å². The molecule has 198 valence electrons. The average molecular weight is 507 g/mol. The van der Waals surface area contributed by atoms with Gasteiger partial charge in [-0.05, 0) is 134 Å². The van der Waals surface area contributed by atoms with Crippen LogP contribution in [0.3, 0.4) is 0 Å². The van der Waals surface area contributed by atoms with Crippen molar-refractivity contribution < 1.29 is 4.74 Å². The maximum atomic E-state index is 7.64. The molecule has 0 amide bonds. The summed E-state index contributed by atoms with van der Waals surface area (Å²) in [6, 6.07) is 10.9. The fourth-order valence-corrected chi connectivity index (χ4v) is 11.1. The summed E-state index contributed by atoms with van der Waals surface area (Å²) in [5.74, 6) is 2.18. The highest BCUT2D eigenvalue weighted by Gasteiger charge is 2.66. The van der Waals surface area contributed by atoms with E-state index in [4.69, 9.17) is 4.74 Å². The molecule has 0 N–H and O–H groups in total. The van der Waals surface area contributed by atoms with Gasteiger partial charge in [0.1, 0.15) is 0 Å².